The van der Waals surface area contributed by atoms with Gasteiger partial charge in [-0.25, -0.2) is 9.59 Å². The minimum absolute atomic E-state index is 0.217. The summed E-state index contributed by atoms with van der Waals surface area (Å²) in [6.07, 6.45) is 2.70. The van der Waals surface area contributed by atoms with Crippen LogP contribution in [0.25, 0.3) is 0 Å². The molecule has 0 bridgehead atoms. The van der Waals surface area contributed by atoms with E-state index in [1.54, 1.807) is 23.6 Å². The largest absolute Gasteiger partial charge is 0.478 e. The molecule has 29 heavy (non-hydrogen) atoms. The first-order valence-electron chi connectivity index (χ1n) is 9.75. The standard InChI is InChI=1S/C22H26N2O5/c1-5-27-21(25)19-15(3)23(18-13-10-14-29-18)16(4)20(22(26)28-6-2)24(19)17-11-8-7-9-12-17/h7-9,11-13H,5-6,10,14H2,1-4H3. The van der Waals surface area contributed by atoms with Gasteiger partial charge in [0.1, 0.15) is 0 Å². The van der Waals surface area contributed by atoms with Gasteiger partial charge in [-0.1, -0.05) is 18.2 Å². The molecule has 0 fully saturated rings. The predicted molar refractivity (Wildman–Crippen MR) is 108 cm³/mol. The van der Waals surface area contributed by atoms with Gasteiger partial charge in [-0.3, -0.25) is 9.80 Å². The first-order valence-corrected chi connectivity index (χ1v) is 9.75. The van der Waals surface area contributed by atoms with E-state index in [0.717, 1.165) is 6.42 Å². The molecule has 0 atom stereocenters. The normalized spacial score (nSPS) is 16.6. The number of hydrogen-bond donors (Lipinski definition) is 0. The highest BCUT2D eigenvalue weighted by Crippen LogP contribution is 2.39. The number of esters is 2. The third-order valence-electron chi connectivity index (χ3n) is 4.66. The molecule has 0 spiro atoms. The number of carbonyl (C=O) groups is 2. The van der Waals surface area contributed by atoms with Gasteiger partial charge in [0.25, 0.3) is 0 Å². The van der Waals surface area contributed by atoms with Crippen LogP contribution in [0.4, 0.5) is 5.69 Å². The molecule has 1 aromatic rings. The third kappa shape index (κ3) is 3.85. The van der Waals surface area contributed by atoms with Gasteiger partial charge < -0.3 is 14.2 Å². The van der Waals surface area contributed by atoms with Gasteiger partial charge in [-0.2, -0.15) is 0 Å². The average molecular weight is 398 g/mol. The Labute approximate surface area is 170 Å². The van der Waals surface area contributed by atoms with Crippen molar-refractivity contribution in [1.29, 1.82) is 0 Å². The van der Waals surface area contributed by atoms with Crippen molar-refractivity contribution in [3.05, 3.63) is 65.1 Å². The molecule has 0 N–H and O–H groups in total. The van der Waals surface area contributed by atoms with E-state index in [2.05, 4.69) is 0 Å². The molecule has 2 heterocycles. The second-order valence-corrected chi connectivity index (χ2v) is 6.49. The monoisotopic (exact) mass is 398 g/mol. The first-order chi connectivity index (χ1) is 14.0. The van der Waals surface area contributed by atoms with Crippen molar-refractivity contribution in [1.82, 2.24) is 4.90 Å². The Morgan fingerprint density at radius 3 is 1.93 bits per heavy atom. The molecular weight excluding hydrogens is 372 g/mol. The van der Waals surface area contributed by atoms with E-state index in [0.29, 0.717) is 29.6 Å². The second kappa shape index (κ2) is 8.86. The van der Waals surface area contributed by atoms with Crippen LogP contribution in [0.1, 0.15) is 34.1 Å². The summed E-state index contributed by atoms with van der Waals surface area (Å²) in [5.74, 6) is -0.449. The molecule has 154 valence electrons. The van der Waals surface area contributed by atoms with Crippen LogP contribution >= 0.6 is 0 Å². The van der Waals surface area contributed by atoms with Crippen LogP contribution < -0.4 is 4.90 Å². The molecule has 7 nitrogen and oxygen atoms in total. The van der Waals surface area contributed by atoms with Crippen LogP contribution in [0.5, 0.6) is 0 Å². The number of anilines is 1. The van der Waals surface area contributed by atoms with E-state index in [1.165, 1.54) is 0 Å². The zero-order valence-corrected chi connectivity index (χ0v) is 17.2. The molecule has 3 rings (SSSR count). The lowest BCUT2D eigenvalue weighted by Gasteiger charge is -2.39. The van der Waals surface area contributed by atoms with Gasteiger partial charge in [0.2, 0.25) is 0 Å². The molecule has 2 aliphatic heterocycles. The van der Waals surface area contributed by atoms with Crippen LogP contribution in [0.15, 0.2) is 65.1 Å². The van der Waals surface area contributed by atoms with E-state index in [9.17, 15) is 9.59 Å². The summed E-state index contributed by atoms with van der Waals surface area (Å²) in [6.45, 7) is 8.11. The summed E-state index contributed by atoms with van der Waals surface area (Å²) in [4.78, 5) is 29.4. The molecule has 7 heteroatoms. The zero-order valence-electron chi connectivity index (χ0n) is 17.2. The molecule has 0 radical (unpaired) electrons. The van der Waals surface area contributed by atoms with Crippen LogP contribution in [0, 0.1) is 0 Å². The van der Waals surface area contributed by atoms with Crippen LogP contribution in [0.2, 0.25) is 0 Å². The topological polar surface area (TPSA) is 68.3 Å². The lowest BCUT2D eigenvalue weighted by Crippen LogP contribution is -2.42. The lowest BCUT2D eigenvalue weighted by atomic mass is 10.1. The van der Waals surface area contributed by atoms with Crippen molar-refractivity contribution in [3.8, 4) is 0 Å². The Hall–Kier alpha value is -3.22. The maximum absolute atomic E-state index is 13.0. The number of para-hydroxylation sites is 1. The van der Waals surface area contributed by atoms with Crippen molar-refractivity contribution in [2.75, 3.05) is 24.7 Å². The average Bonchev–Trinajstić information content (AvgIpc) is 3.22. The Balaban J connectivity index is 2.25. The molecule has 0 aliphatic carbocycles. The van der Waals surface area contributed by atoms with Gasteiger partial charge >= 0.3 is 11.9 Å². The van der Waals surface area contributed by atoms with Gasteiger partial charge in [0, 0.05) is 12.1 Å². The molecule has 0 saturated heterocycles. The fourth-order valence-electron chi connectivity index (χ4n) is 3.50. The maximum atomic E-state index is 13.0. The van der Waals surface area contributed by atoms with E-state index in [1.807, 2.05) is 50.3 Å². The summed E-state index contributed by atoms with van der Waals surface area (Å²) >= 11 is 0. The number of benzene rings is 1. The van der Waals surface area contributed by atoms with Crippen molar-refractivity contribution < 1.29 is 23.8 Å². The van der Waals surface area contributed by atoms with Crippen molar-refractivity contribution in [2.24, 2.45) is 0 Å². The Bertz CT molecular complexity index is 844. The van der Waals surface area contributed by atoms with Crippen molar-refractivity contribution in [2.45, 2.75) is 34.1 Å². The molecule has 2 aliphatic rings. The smallest absolute Gasteiger partial charge is 0.357 e. The van der Waals surface area contributed by atoms with Gasteiger partial charge in [-0.15, -0.1) is 0 Å². The number of nitrogens with zero attached hydrogens (tertiary/aromatic N) is 2. The first kappa shape index (κ1) is 20.5. The summed E-state index contributed by atoms with van der Waals surface area (Å²) in [6, 6.07) is 9.24. The highest BCUT2D eigenvalue weighted by Gasteiger charge is 2.40. The van der Waals surface area contributed by atoms with E-state index >= 15 is 0 Å². The quantitative estimate of drug-likeness (QED) is 0.678. The third-order valence-corrected chi connectivity index (χ3v) is 4.66. The predicted octanol–water partition coefficient (Wildman–Crippen LogP) is 3.66. The summed E-state index contributed by atoms with van der Waals surface area (Å²) < 4.78 is 16.4. The summed E-state index contributed by atoms with van der Waals surface area (Å²) in [5, 5.41) is 0. The van der Waals surface area contributed by atoms with E-state index in [4.69, 9.17) is 14.2 Å². The minimum Gasteiger partial charge on any atom is -0.478 e. The fraction of sp³-hybridized carbons (Fsp3) is 0.364. The Morgan fingerprint density at radius 1 is 0.931 bits per heavy atom. The number of allylic oxidation sites excluding steroid dienone is 2. The minimum atomic E-state index is -0.522. The van der Waals surface area contributed by atoms with Gasteiger partial charge in [0.05, 0.1) is 31.2 Å². The molecule has 1 aromatic carbocycles. The van der Waals surface area contributed by atoms with Crippen LogP contribution in [-0.4, -0.2) is 36.7 Å². The van der Waals surface area contributed by atoms with Crippen LogP contribution in [-0.2, 0) is 23.8 Å². The number of ether oxygens (including phenoxy) is 3. The maximum Gasteiger partial charge on any atom is 0.357 e. The van der Waals surface area contributed by atoms with E-state index in [-0.39, 0.29) is 24.6 Å². The fourth-order valence-corrected chi connectivity index (χ4v) is 3.50. The van der Waals surface area contributed by atoms with Crippen molar-refractivity contribution in [3.63, 3.8) is 0 Å². The summed E-state index contributed by atoms with van der Waals surface area (Å²) in [7, 11) is 0. The summed E-state index contributed by atoms with van der Waals surface area (Å²) in [5.41, 5.74) is 2.40. The lowest BCUT2D eigenvalue weighted by molar-refractivity contribution is -0.139. The van der Waals surface area contributed by atoms with Gasteiger partial charge in [-0.05, 0) is 45.9 Å². The highest BCUT2D eigenvalue weighted by molar-refractivity contribution is 6.03. The number of rotatable bonds is 6. The highest BCUT2D eigenvalue weighted by atomic mass is 16.5. The zero-order chi connectivity index (χ0) is 21.0. The SMILES string of the molecule is CCOC(=O)C1=C(C)N(C2=CCCO2)C(C)=C(C(=O)OCC)N1c1ccccc1. The second-order valence-electron chi connectivity index (χ2n) is 6.49. The van der Waals surface area contributed by atoms with Crippen molar-refractivity contribution >= 4 is 17.6 Å². The Morgan fingerprint density at radius 2 is 1.48 bits per heavy atom. The molecule has 0 unspecified atom stereocenters. The molecule has 0 aromatic heterocycles. The molecular formula is C22H26N2O5. The van der Waals surface area contributed by atoms with E-state index < -0.39 is 11.9 Å². The molecule has 0 saturated carbocycles. The van der Waals surface area contributed by atoms with Crippen LogP contribution in [0.3, 0.4) is 0 Å². The van der Waals surface area contributed by atoms with Gasteiger partial charge in [0.15, 0.2) is 17.3 Å². The number of hydrogen-bond acceptors (Lipinski definition) is 7. The number of carbonyl (C=O) groups excluding carboxylic acids is 2. The Kier molecular flexibility index (Phi) is 6.26. The molecule has 0 amide bonds.